The van der Waals surface area contributed by atoms with Gasteiger partial charge in [-0.3, -0.25) is 4.72 Å². The molecule has 1 atom stereocenters. The average molecular weight is 268 g/mol. The number of sulfonamides is 1. The number of hydrogen-bond acceptors (Lipinski definition) is 3. The molecular weight excluding hydrogens is 248 g/mol. The summed E-state index contributed by atoms with van der Waals surface area (Å²) in [6.45, 7) is 2.16. The topological polar surface area (TPSA) is 58.2 Å². The molecular formula is C13H20N2O2S. The van der Waals surface area contributed by atoms with Crippen LogP contribution < -0.4 is 10.0 Å². The van der Waals surface area contributed by atoms with E-state index in [0.717, 1.165) is 25.8 Å². The number of nitrogens with one attached hydrogen (secondary N) is 2. The molecule has 1 fully saturated rings. The number of benzene rings is 1. The van der Waals surface area contributed by atoms with Crippen molar-refractivity contribution >= 4 is 15.7 Å². The minimum Gasteiger partial charge on any atom is -0.317 e. The summed E-state index contributed by atoms with van der Waals surface area (Å²) >= 11 is 0. The van der Waals surface area contributed by atoms with Gasteiger partial charge in [-0.2, -0.15) is 0 Å². The van der Waals surface area contributed by atoms with E-state index in [9.17, 15) is 8.42 Å². The van der Waals surface area contributed by atoms with Crippen molar-refractivity contribution in [2.45, 2.75) is 25.2 Å². The molecule has 0 aliphatic carbocycles. The molecule has 1 aliphatic heterocycles. The normalized spacial score (nSPS) is 21.3. The molecule has 1 aromatic carbocycles. The van der Waals surface area contributed by atoms with E-state index in [0.29, 0.717) is 11.6 Å². The van der Waals surface area contributed by atoms with E-state index in [1.165, 1.54) is 18.4 Å². The molecule has 0 spiro atoms. The van der Waals surface area contributed by atoms with Gasteiger partial charge in [-0.1, -0.05) is 12.1 Å². The third kappa shape index (κ3) is 3.99. The fourth-order valence-corrected chi connectivity index (χ4v) is 2.95. The Morgan fingerprint density at radius 2 is 1.89 bits per heavy atom. The highest BCUT2D eigenvalue weighted by molar-refractivity contribution is 7.92. The van der Waals surface area contributed by atoms with Gasteiger partial charge in [-0.15, -0.1) is 0 Å². The Bertz CT molecular complexity index is 474. The Hall–Kier alpha value is -1.07. The van der Waals surface area contributed by atoms with Crippen LogP contribution in [0.5, 0.6) is 0 Å². The number of hydrogen-bond donors (Lipinski definition) is 2. The lowest BCUT2D eigenvalue weighted by atomic mass is 9.92. The fraction of sp³-hybridized carbons (Fsp3) is 0.538. The smallest absolute Gasteiger partial charge is 0.229 e. The van der Waals surface area contributed by atoms with Crippen molar-refractivity contribution in [3.8, 4) is 0 Å². The van der Waals surface area contributed by atoms with Gasteiger partial charge in [0.1, 0.15) is 0 Å². The maximum absolute atomic E-state index is 11.1. The summed E-state index contributed by atoms with van der Waals surface area (Å²) in [4.78, 5) is 0. The molecule has 1 saturated heterocycles. The highest BCUT2D eigenvalue weighted by atomic mass is 32.2. The zero-order valence-electron chi connectivity index (χ0n) is 10.6. The summed E-state index contributed by atoms with van der Waals surface area (Å²) in [6, 6.07) is 7.75. The van der Waals surface area contributed by atoms with Crippen molar-refractivity contribution < 1.29 is 8.42 Å². The van der Waals surface area contributed by atoms with Crippen LogP contribution in [0.2, 0.25) is 0 Å². The van der Waals surface area contributed by atoms with Crippen LogP contribution in [0.15, 0.2) is 24.3 Å². The van der Waals surface area contributed by atoms with E-state index < -0.39 is 10.0 Å². The van der Waals surface area contributed by atoms with Gasteiger partial charge in [0.2, 0.25) is 10.0 Å². The first-order chi connectivity index (χ1) is 8.54. The lowest BCUT2D eigenvalue weighted by Gasteiger charge is -2.14. The first kappa shape index (κ1) is 13.4. The van der Waals surface area contributed by atoms with Crippen LogP contribution in [-0.2, 0) is 10.0 Å². The Balaban J connectivity index is 2.06. The molecule has 0 amide bonds. The van der Waals surface area contributed by atoms with Gasteiger partial charge in [-0.05, 0) is 56.0 Å². The van der Waals surface area contributed by atoms with E-state index >= 15 is 0 Å². The quantitative estimate of drug-likeness (QED) is 0.880. The lowest BCUT2D eigenvalue weighted by molar-refractivity contribution is 0.606. The Labute approximate surface area is 109 Å². The first-order valence-corrected chi connectivity index (χ1v) is 8.22. The second kappa shape index (κ2) is 5.71. The highest BCUT2D eigenvalue weighted by Gasteiger charge is 2.14. The maximum Gasteiger partial charge on any atom is 0.229 e. The number of rotatable bonds is 3. The molecule has 0 radical (unpaired) electrons. The SMILES string of the molecule is CS(=O)(=O)Nc1ccc(C2CCCNCC2)cc1. The van der Waals surface area contributed by atoms with E-state index in [-0.39, 0.29) is 0 Å². The molecule has 2 rings (SSSR count). The van der Waals surface area contributed by atoms with Gasteiger partial charge in [-0.25, -0.2) is 8.42 Å². The van der Waals surface area contributed by atoms with Crippen LogP contribution >= 0.6 is 0 Å². The molecule has 18 heavy (non-hydrogen) atoms. The van der Waals surface area contributed by atoms with E-state index in [2.05, 4.69) is 10.0 Å². The Morgan fingerprint density at radius 3 is 2.56 bits per heavy atom. The van der Waals surface area contributed by atoms with Gasteiger partial charge < -0.3 is 5.32 Å². The first-order valence-electron chi connectivity index (χ1n) is 6.33. The van der Waals surface area contributed by atoms with Crippen molar-refractivity contribution in [2.75, 3.05) is 24.1 Å². The van der Waals surface area contributed by atoms with Crippen molar-refractivity contribution in [1.29, 1.82) is 0 Å². The Morgan fingerprint density at radius 1 is 1.17 bits per heavy atom. The van der Waals surface area contributed by atoms with Gasteiger partial charge in [0, 0.05) is 5.69 Å². The summed E-state index contributed by atoms with van der Waals surface area (Å²) < 4.78 is 24.7. The van der Waals surface area contributed by atoms with Crippen LogP contribution in [-0.4, -0.2) is 27.8 Å². The van der Waals surface area contributed by atoms with Crippen molar-refractivity contribution in [3.05, 3.63) is 29.8 Å². The predicted molar refractivity (Wildman–Crippen MR) is 74.4 cm³/mol. The van der Waals surface area contributed by atoms with E-state index in [1.807, 2.05) is 24.3 Å². The van der Waals surface area contributed by atoms with Gasteiger partial charge in [0.15, 0.2) is 0 Å². The lowest BCUT2D eigenvalue weighted by Crippen LogP contribution is -2.13. The second-order valence-corrected chi connectivity index (χ2v) is 6.62. The molecule has 1 heterocycles. The van der Waals surface area contributed by atoms with Crippen LogP contribution in [0.1, 0.15) is 30.7 Å². The fourth-order valence-electron chi connectivity index (χ4n) is 2.39. The Kier molecular flexibility index (Phi) is 4.24. The van der Waals surface area contributed by atoms with Crippen molar-refractivity contribution in [3.63, 3.8) is 0 Å². The third-order valence-electron chi connectivity index (χ3n) is 3.26. The molecule has 5 heteroatoms. The monoisotopic (exact) mass is 268 g/mol. The van der Waals surface area contributed by atoms with Crippen LogP contribution in [0.25, 0.3) is 0 Å². The summed E-state index contributed by atoms with van der Waals surface area (Å²) in [5, 5.41) is 3.40. The molecule has 1 aromatic rings. The predicted octanol–water partition coefficient (Wildman–Crippen LogP) is 1.92. The summed E-state index contributed by atoms with van der Waals surface area (Å²) in [5.74, 6) is 0.590. The van der Waals surface area contributed by atoms with E-state index in [4.69, 9.17) is 0 Å². The molecule has 2 N–H and O–H groups in total. The van der Waals surface area contributed by atoms with Gasteiger partial charge in [0.25, 0.3) is 0 Å². The largest absolute Gasteiger partial charge is 0.317 e. The summed E-state index contributed by atoms with van der Waals surface area (Å²) in [6.07, 6.45) is 4.72. The van der Waals surface area contributed by atoms with Crippen LogP contribution in [0.4, 0.5) is 5.69 Å². The molecule has 0 aromatic heterocycles. The summed E-state index contributed by atoms with van der Waals surface area (Å²) in [7, 11) is -3.18. The van der Waals surface area contributed by atoms with Crippen molar-refractivity contribution in [2.24, 2.45) is 0 Å². The van der Waals surface area contributed by atoms with Gasteiger partial charge >= 0.3 is 0 Å². The minimum atomic E-state index is -3.18. The van der Waals surface area contributed by atoms with Gasteiger partial charge in [0.05, 0.1) is 6.26 Å². The van der Waals surface area contributed by atoms with Crippen LogP contribution in [0.3, 0.4) is 0 Å². The maximum atomic E-state index is 11.1. The molecule has 1 unspecified atom stereocenters. The minimum absolute atomic E-state index is 0.590. The van der Waals surface area contributed by atoms with E-state index in [1.54, 1.807) is 0 Å². The average Bonchev–Trinajstić information content (AvgIpc) is 2.56. The molecule has 1 aliphatic rings. The zero-order valence-corrected chi connectivity index (χ0v) is 11.5. The molecule has 4 nitrogen and oxygen atoms in total. The zero-order chi connectivity index (χ0) is 13.0. The third-order valence-corrected chi connectivity index (χ3v) is 3.87. The van der Waals surface area contributed by atoms with Crippen LogP contribution in [0, 0.1) is 0 Å². The number of anilines is 1. The molecule has 0 bridgehead atoms. The van der Waals surface area contributed by atoms with Crippen molar-refractivity contribution in [1.82, 2.24) is 5.32 Å². The standard InChI is InChI=1S/C13H20N2O2S/c1-18(16,17)15-13-6-4-12(5-7-13)11-3-2-9-14-10-8-11/h4-7,11,14-15H,2-3,8-10H2,1H3. The molecule has 100 valence electrons. The summed E-state index contributed by atoms with van der Waals surface area (Å²) in [5.41, 5.74) is 1.94. The highest BCUT2D eigenvalue weighted by Crippen LogP contribution is 2.27. The second-order valence-electron chi connectivity index (χ2n) is 4.87. The molecule has 0 saturated carbocycles.